The van der Waals surface area contributed by atoms with Crippen LogP contribution >= 0.6 is 0 Å². The molecule has 0 radical (unpaired) electrons. The number of rotatable bonds is 5. The summed E-state index contributed by atoms with van der Waals surface area (Å²) in [4.78, 5) is 17.2. The van der Waals surface area contributed by atoms with Crippen molar-refractivity contribution in [2.24, 2.45) is 5.41 Å². The summed E-state index contributed by atoms with van der Waals surface area (Å²) in [6.07, 6.45) is 10.6. The van der Waals surface area contributed by atoms with E-state index in [0.29, 0.717) is 17.5 Å². The van der Waals surface area contributed by atoms with Crippen molar-refractivity contribution in [1.82, 2.24) is 20.5 Å². The number of pyridine rings is 1. The number of fused-ring (bicyclic) bond motifs is 1. The molecule has 1 aliphatic carbocycles. The van der Waals surface area contributed by atoms with Crippen molar-refractivity contribution in [3.63, 3.8) is 0 Å². The van der Waals surface area contributed by atoms with Crippen LogP contribution in [0.3, 0.4) is 0 Å². The van der Waals surface area contributed by atoms with E-state index in [1.54, 1.807) is 25.7 Å². The third-order valence-corrected chi connectivity index (χ3v) is 5.58. The summed E-state index contributed by atoms with van der Waals surface area (Å²) >= 11 is 0. The largest absolute Gasteiger partial charge is 0.497 e. The number of nitrogens with one attached hydrogen (secondary N) is 2. The quantitative estimate of drug-likeness (QED) is 0.673. The summed E-state index contributed by atoms with van der Waals surface area (Å²) in [5.41, 5.74) is 5.09. The van der Waals surface area contributed by atoms with Crippen molar-refractivity contribution in [3.05, 3.63) is 59.6 Å². The predicted molar refractivity (Wildman–Crippen MR) is 114 cm³/mol. The first-order chi connectivity index (χ1) is 13.9. The summed E-state index contributed by atoms with van der Waals surface area (Å²) in [5.74, 6) is 0.611. The van der Waals surface area contributed by atoms with Gasteiger partial charge in [-0.2, -0.15) is 5.10 Å². The average Bonchev–Trinajstić information content (AvgIpc) is 3.24. The number of H-pyrrole nitrogens is 1. The first-order valence-electron chi connectivity index (χ1n) is 9.88. The van der Waals surface area contributed by atoms with Gasteiger partial charge in [-0.25, -0.2) is 0 Å². The number of ether oxygens (including phenoxy) is 1. The molecule has 0 bridgehead atoms. The minimum atomic E-state index is -0.163. The SMILES string of the molecule is COc1cc(C2=CCC(C)(C)CC2)c2ncc(C(=O)NCc3cn[nH]c3)cc2c1. The van der Waals surface area contributed by atoms with Crippen molar-refractivity contribution >= 4 is 22.4 Å². The minimum absolute atomic E-state index is 0.163. The van der Waals surface area contributed by atoms with E-state index in [-0.39, 0.29) is 5.91 Å². The molecule has 0 spiro atoms. The standard InChI is InChI=1S/C23H26N4O2/c1-23(2)6-4-16(5-7-23)20-10-19(29-3)9-17-8-18(14-24-21(17)20)22(28)25-11-15-12-26-27-13-15/h4,8-10,12-14H,5-7,11H2,1-3H3,(H,25,28)(H,26,27). The minimum Gasteiger partial charge on any atom is -0.497 e. The van der Waals surface area contributed by atoms with E-state index in [9.17, 15) is 4.79 Å². The molecule has 3 aromatic rings. The number of methoxy groups -OCH3 is 1. The average molecular weight is 390 g/mol. The molecule has 0 saturated heterocycles. The molecule has 1 aliphatic rings. The Labute approximate surface area is 170 Å². The van der Waals surface area contributed by atoms with Crippen molar-refractivity contribution in [3.8, 4) is 5.75 Å². The highest BCUT2D eigenvalue weighted by atomic mass is 16.5. The first-order valence-corrected chi connectivity index (χ1v) is 9.88. The van der Waals surface area contributed by atoms with E-state index in [0.717, 1.165) is 47.0 Å². The van der Waals surface area contributed by atoms with Crippen LogP contribution in [0, 0.1) is 5.41 Å². The van der Waals surface area contributed by atoms with Gasteiger partial charge in [0, 0.05) is 35.5 Å². The van der Waals surface area contributed by atoms with Gasteiger partial charge >= 0.3 is 0 Å². The summed E-state index contributed by atoms with van der Waals surface area (Å²) < 4.78 is 5.53. The zero-order valence-corrected chi connectivity index (χ0v) is 17.1. The lowest BCUT2D eigenvalue weighted by molar-refractivity contribution is 0.0950. The Hall–Kier alpha value is -3.15. The van der Waals surface area contributed by atoms with Crippen LogP contribution < -0.4 is 10.1 Å². The molecule has 0 aliphatic heterocycles. The molecule has 6 nitrogen and oxygen atoms in total. The molecule has 2 N–H and O–H groups in total. The highest BCUT2D eigenvalue weighted by Gasteiger charge is 2.23. The number of hydrogen-bond donors (Lipinski definition) is 2. The van der Waals surface area contributed by atoms with Gasteiger partial charge in [-0.3, -0.25) is 14.9 Å². The highest BCUT2D eigenvalue weighted by Crippen LogP contribution is 2.40. The fourth-order valence-corrected chi connectivity index (χ4v) is 3.69. The molecule has 0 fully saturated rings. The zero-order valence-electron chi connectivity index (χ0n) is 17.1. The fraction of sp³-hybridized carbons (Fsp3) is 0.348. The van der Waals surface area contributed by atoms with E-state index < -0.39 is 0 Å². The molecular weight excluding hydrogens is 364 g/mol. The van der Waals surface area contributed by atoms with Crippen molar-refractivity contribution in [2.45, 2.75) is 39.7 Å². The number of carbonyl (C=O) groups excluding carboxylic acids is 1. The molecule has 2 aromatic heterocycles. The number of aromatic nitrogens is 3. The topological polar surface area (TPSA) is 79.9 Å². The fourth-order valence-electron chi connectivity index (χ4n) is 3.69. The molecule has 2 heterocycles. The van der Waals surface area contributed by atoms with Gasteiger partial charge in [0.1, 0.15) is 5.75 Å². The van der Waals surface area contributed by atoms with Gasteiger partial charge in [0.15, 0.2) is 0 Å². The van der Waals surface area contributed by atoms with Crippen LogP contribution in [0.25, 0.3) is 16.5 Å². The molecule has 0 saturated carbocycles. The third kappa shape index (κ3) is 4.16. The van der Waals surface area contributed by atoms with Crippen LogP contribution in [-0.4, -0.2) is 28.2 Å². The van der Waals surface area contributed by atoms with Crippen LogP contribution in [0.1, 0.15) is 54.6 Å². The number of aromatic amines is 1. The maximum absolute atomic E-state index is 12.6. The second-order valence-electron chi connectivity index (χ2n) is 8.36. The summed E-state index contributed by atoms with van der Waals surface area (Å²) in [6.45, 7) is 5.02. The van der Waals surface area contributed by atoms with Crippen LogP contribution in [0.4, 0.5) is 0 Å². The molecule has 150 valence electrons. The molecule has 0 atom stereocenters. The van der Waals surface area contributed by atoms with E-state index in [1.807, 2.05) is 12.1 Å². The number of carbonyl (C=O) groups is 1. The summed E-state index contributed by atoms with van der Waals surface area (Å²) in [7, 11) is 1.66. The number of allylic oxidation sites excluding steroid dienone is 2. The Bertz CT molecular complexity index is 1070. The molecule has 6 heteroatoms. The van der Waals surface area contributed by atoms with Gasteiger partial charge in [0.2, 0.25) is 0 Å². The summed E-state index contributed by atoms with van der Waals surface area (Å²) in [6, 6.07) is 5.87. The first kappa shape index (κ1) is 19.2. The zero-order chi connectivity index (χ0) is 20.4. The van der Waals surface area contributed by atoms with Gasteiger partial charge < -0.3 is 10.1 Å². The number of nitrogens with zero attached hydrogens (tertiary/aromatic N) is 2. The van der Waals surface area contributed by atoms with Crippen LogP contribution in [0.5, 0.6) is 5.75 Å². The Balaban J connectivity index is 1.66. The Morgan fingerprint density at radius 1 is 1.28 bits per heavy atom. The lowest BCUT2D eigenvalue weighted by Gasteiger charge is -2.29. The number of benzene rings is 1. The Morgan fingerprint density at radius 2 is 2.14 bits per heavy atom. The van der Waals surface area contributed by atoms with E-state index in [1.165, 1.54) is 5.57 Å². The second kappa shape index (κ2) is 7.70. The van der Waals surface area contributed by atoms with Crippen LogP contribution in [0.15, 0.2) is 42.9 Å². The Kier molecular flexibility index (Phi) is 5.09. The molecule has 29 heavy (non-hydrogen) atoms. The normalized spacial score (nSPS) is 15.8. The Morgan fingerprint density at radius 3 is 2.83 bits per heavy atom. The smallest absolute Gasteiger partial charge is 0.253 e. The highest BCUT2D eigenvalue weighted by molar-refractivity contribution is 5.99. The van der Waals surface area contributed by atoms with Gasteiger partial charge in [-0.15, -0.1) is 0 Å². The van der Waals surface area contributed by atoms with Crippen LogP contribution in [-0.2, 0) is 6.54 Å². The maximum atomic E-state index is 12.6. The third-order valence-electron chi connectivity index (χ3n) is 5.58. The van der Waals surface area contributed by atoms with E-state index in [4.69, 9.17) is 4.74 Å². The number of hydrogen-bond acceptors (Lipinski definition) is 4. The monoisotopic (exact) mass is 390 g/mol. The lowest BCUT2D eigenvalue weighted by atomic mass is 9.77. The van der Waals surface area contributed by atoms with Crippen LogP contribution in [0.2, 0.25) is 0 Å². The van der Waals surface area contributed by atoms with Gasteiger partial charge in [0.05, 0.1) is 24.4 Å². The molecule has 4 rings (SSSR count). The van der Waals surface area contributed by atoms with E-state index in [2.05, 4.69) is 46.5 Å². The molecule has 0 unspecified atom stereocenters. The second-order valence-corrected chi connectivity index (χ2v) is 8.36. The van der Waals surface area contributed by atoms with Gasteiger partial charge in [-0.1, -0.05) is 19.9 Å². The maximum Gasteiger partial charge on any atom is 0.253 e. The van der Waals surface area contributed by atoms with Gasteiger partial charge in [-0.05, 0) is 48.4 Å². The molecule has 1 amide bonds. The lowest BCUT2D eigenvalue weighted by Crippen LogP contribution is -2.22. The molecule has 1 aromatic carbocycles. The van der Waals surface area contributed by atoms with E-state index >= 15 is 0 Å². The predicted octanol–water partition coefficient (Wildman–Crippen LogP) is 4.49. The van der Waals surface area contributed by atoms with Crippen molar-refractivity contribution < 1.29 is 9.53 Å². The van der Waals surface area contributed by atoms with Crippen molar-refractivity contribution in [2.75, 3.05) is 7.11 Å². The number of amides is 1. The van der Waals surface area contributed by atoms with Gasteiger partial charge in [0.25, 0.3) is 5.91 Å². The summed E-state index contributed by atoms with van der Waals surface area (Å²) in [5, 5.41) is 10.4. The molecular formula is C23H26N4O2. The van der Waals surface area contributed by atoms with Crippen molar-refractivity contribution in [1.29, 1.82) is 0 Å².